The first-order valence-corrected chi connectivity index (χ1v) is 3.23. The van der Waals surface area contributed by atoms with Gasteiger partial charge in [-0.25, -0.2) is 4.39 Å². The molecule has 0 spiro atoms. The lowest BCUT2D eigenvalue weighted by Crippen LogP contribution is -2.14. The highest BCUT2D eigenvalue weighted by atomic mass is 19.1. The van der Waals surface area contributed by atoms with Crippen LogP contribution in [0.2, 0.25) is 0 Å². The quantitative estimate of drug-likeness (QED) is 0.476. The third kappa shape index (κ3) is 1.55. The molecule has 0 saturated heterocycles. The molecule has 1 aromatic carbocycles. The fourth-order valence-electron chi connectivity index (χ4n) is 0.789. The molecule has 2 nitrogen and oxygen atoms in total. The normalized spacial score (nSPS) is 11.6. The topological polar surface area (TPSA) is 38.4 Å². The number of benzene rings is 1. The van der Waals surface area contributed by atoms with Gasteiger partial charge in [0.2, 0.25) is 0 Å². The minimum Gasteiger partial charge on any atom is -0.383 e. The maximum absolute atomic E-state index is 12.9. The van der Waals surface area contributed by atoms with Crippen LogP contribution in [-0.2, 0) is 0 Å². The molecule has 1 aromatic rings. The van der Waals surface area contributed by atoms with E-state index in [1.54, 1.807) is 18.2 Å². The molecule has 0 fully saturated rings. The van der Waals surface area contributed by atoms with Gasteiger partial charge in [-0.2, -0.15) is 0 Å². The number of halogens is 1. The molecule has 0 radical (unpaired) electrons. The minimum atomic E-state index is -0.337. The molecule has 0 amide bonds. The Kier molecular flexibility index (Phi) is 2.21. The minimum absolute atomic E-state index is 0.225. The Bertz CT molecular complexity index is 281. The van der Waals surface area contributed by atoms with Crippen molar-refractivity contribution in [2.75, 3.05) is 7.05 Å². The van der Waals surface area contributed by atoms with E-state index < -0.39 is 0 Å². The predicted molar refractivity (Wildman–Crippen MR) is 43.0 cm³/mol. The average Bonchev–Trinajstić information content (AvgIpc) is 2.04. The van der Waals surface area contributed by atoms with E-state index in [-0.39, 0.29) is 11.7 Å². The Balaban J connectivity index is 3.14. The highest BCUT2D eigenvalue weighted by Gasteiger charge is 2.02. The van der Waals surface area contributed by atoms with Gasteiger partial charge in [-0.1, -0.05) is 12.1 Å². The summed E-state index contributed by atoms with van der Waals surface area (Å²) in [4.78, 5) is 3.67. The van der Waals surface area contributed by atoms with E-state index >= 15 is 0 Å². The SMILES string of the molecule is CN=C(N)c1ccccc1F. The summed E-state index contributed by atoms with van der Waals surface area (Å²) in [7, 11) is 1.53. The van der Waals surface area contributed by atoms with Gasteiger partial charge in [-0.3, -0.25) is 4.99 Å². The molecule has 2 N–H and O–H groups in total. The van der Waals surface area contributed by atoms with E-state index in [0.29, 0.717) is 5.56 Å². The third-order valence-corrected chi connectivity index (χ3v) is 1.39. The molecule has 58 valence electrons. The Hall–Kier alpha value is -1.38. The van der Waals surface area contributed by atoms with E-state index in [2.05, 4.69) is 4.99 Å². The lowest BCUT2D eigenvalue weighted by atomic mass is 10.2. The third-order valence-electron chi connectivity index (χ3n) is 1.39. The van der Waals surface area contributed by atoms with E-state index in [1.807, 2.05) is 0 Å². The number of rotatable bonds is 1. The van der Waals surface area contributed by atoms with Gasteiger partial charge in [-0.15, -0.1) is 0 Å². The van der Waals surface area contributed by atoms with Gasteiger partial charge in [-0.05, 0) is 12.1 Å². The number of amidine groups is 1. The molecule has 0 unspecified atom stereocenters. The van der Waals surface area contributed by atoms with Crippen LogP contribution >= 0.6 is 0 Å². The molecule has 0 aliphatic carbocycles. The average molecular weight is 152 g/mol. The number of nitrogens with zero attached hydrogens (tertiary/aromatic N) is 1. The van der Waals surface area contributed by atoms with E-state index in [1.165, 1.54) is 13.1 Å². The maximum Gasteiger partial charge on any atom is 0.134 e. The van der Waals surface area contributed by atoms with Crippen LogP contribution in [-0.4, -0.2) is 12.9 Å². The van der Waals surface area contributed by atoms with Gasteiger partial charge >= 0.3 is 0 Å². The number of hydrogen-bond acceptors (Lipinski definition) is 1. The van der Waals surface area contributed by atoms with Crippen molar-refractivity contribution in [1.82, 2.24) is 0 Å². The lowest BCUT2D eigenvalue weighted by molar-refractivity contribution is 0.625. The van der Waals surface area contributed by atoms with Gasteiger partial charge < -0.3 is 5.73 Å². The predicted octanol–water partition coefficient (Wildman–Crippen LogP) is 1.16. The summed E-state index contributed by atoms with van der Waals surface area (Å²) in [5.41, 5.74) is 5.76. The number of aliphatic imine (C=N–C) groups is 1. The summed E-state index contributed by atoms with van der Waals surface area (Å²) < 4.78 is 12.9. The van der Waals surface area contributed by atoms with Crippen LogP contribution in [0.25, 0.3) is 0 Å². The van der Waals surface area contributed by atoms with Crippen molar-refractivity contribution in [3.63, 3.8) is 0 Å². The fourth-order valence-corrected chi connectivity index (χ4v) is 0.789. The van der Waals surface area contributed by atoms with Crippen molar-refractivity contribution in [3.05, 3.63) is 35.6 Å². The van der Waals surface area contributed by atoms with Crippen molar-refractivity contribution >= 4 is 5.84 Å². The largest absolute Gasteiger partial charge is 0.383 e. The summed E-state index contributed by atoms with van der Waals surface area (Å²) in [5.74, 6) is -0.112. The first-order valence-electron chi connectivity index (χ1n) is 3.23. The molecule has 3 heteroatoms. The number of nitrogens with two attached hydrogens (primary N) is 1. The molecular formula is C8H9FN2. The van der Waals surface area contributed by atoms with Crippen molar-refractivity contribution in [3.8, 4) is 0 Å². The first kappa shape index (κ1) is 7.72. The molecule has 0 bridgehead atoms. The van der Waals surface area contributed by atoms with Crippen LogP contribution in [0.3, 0.4) is 0 Å². The van der Waals surface area contributed by atoms with Crippen LogP contribution in [0.1, 0.15) is 5.56 Å². The molecule has 0 atom stereocenters. The number of hydrogen-bond donors (Lipinski definition) is 1. The van der Waals surface area contributed by atoms with E-state index in [0.717, 1.165) is 0 Å². The smallest absolute Gasteiger partial charge is 0.134 e. The van der Waals surface area contributed by atoms with Crippen LogP contribution in [0.4, 0.5) is 4.39 Å². The monoisotopic (exact) mass is 152 g/mol. The Morgan fingerprint density at radius 3 is 2.64 bits per heavy atom. The van der Waals surface area contributed by atoms with Crippen LogP contribution in [0.5, 0.6) is 0 Å². The molecule has 1 rings (SSSR count). The van der Waals surface area contributed by atoms with Gasteiger partial charge in [0.25, 0.3) is 0 Å². The molecule has 0 aromatic heterocycles. The maximum atomic E-state index is 12.9. The highest BCUT2D eigenvalue weighted by Crippen LogP contribution is 2.04. The zero-order chi connectivity index (χ0) is 8.27. The fraction of sp³-hybridized carbons (Fsp3) is 0.125. The van der Waals surface area contributed by atoms with Gasteiger partial charge in [0.15, 0.2) is 0 Å². The zero-order valence-electron chi connectivity index (χ0n) is 6.21. The summed E-state index contributed by atoms with van der Waals surface area (Å²) in [6.45, 7) is 0. The second kappa shape index (κ2) is 3.14. The molecular weight excluding hydrogens is 143 g/mol. The second-order valence-electron chi connectivity index (χ2n) is 2.09. The Morgan fingerprint density at radius 1 is 1.45 bits per heavy atom. The summed E-state index contributed by atoms with van der Waals surface area (Å²) in [5, 5.41) is 0. The van der Waals surface area contributed by atoms with Crippen molar-refractivity contribution < 1.29 is 4.39 Å². The van der Waals surface area contributed by atoms with Crippen molar-refractivity contribution in [1.29, 1.82) is 0 Å². The molecule has 0 aliphatic rings. The van der Waals surface area contributed by atoms with E-state index in [9.17, 15) is 4.39 Å². The molecule has 0 aliphatic heterocycles. The highest BCUT2D eigenvalue weighted by molar-refractivity contribution is 5.97. The van der Waals surface area contributed by atoms with Crippen molar-refractivity contribution in [2.24, 2.45) is 10.7 Å². The van der Waals surface area contributed by atoms with Gasteiger partial charge in [0.05, 0.1) is 5.56 Å². The van der Waals surface area contributed by atoms with E-state index in [4.69, 9.17) is 5.73 Å². The van der Waals surface area contributed by atoms with Crippen molar-refractivity contribution in [2.45, 2.75) is 0 Å². The standard InChI is InChI=1S/C8H9FN2/c1-11-8(10)6-4-2-3-5-7(6)9/h2-5H,1H3,(H2,10,11). The van der Waals surface area contributed by atoms with Crippen LogP contribution in [0, 0.1) is 5.82 Å². The molecule has 11 heavy (non-hydrogen) atoms. The summed E-state index contributed by atoms with van der Waals surface area (Å²) in [6.07, 6.45) is 0. The summed E-state index contributed by atoms with van der Waals surface area (Å²) >= 11 is 0. The van der Waals surface area contributed by atoms with Crippen LogP contribution in [0.15, 0.2) is 29.3 Å². The lowest BCUT2D eigenvalue weighted by Gasteiger charge is -1.99. The zero-order valence-corrected chi connectivity index (χ0v) is 6.21. The van der Waals surface area contributed by atoms with Gasteiger partial charge in [0.1, 0.15) is 11.7 Å². The summed E-state index contributed by atoms with van der Waals surface area (Å²) in [6, 6.07) is 6.28. The Labute approximate surface area is 64.6 Å². The second-order valence-corrected chi connectivity index (χ2v) is 2.09. The molecule has 0 saturated carbocycles. The van der Waals surface area contributed by atoms with Gasteiger partial charge in [0, 0.05) is 7.05 Å². The first-order chi connectivity index (χ1) is 5.25. The molecule has 0 heterocycles. The van der Waals surface area contributed by atoms with Crippen LogP contribution < -0.4 is 5.73 Å². The Morgan fingerprint density at radius 2 is 2.09 bits per heavy atom.